The minimum atomic E-state index is -0.815. The maximum atomic E-state index is 12.7. The summed E-state index contributed by atoms with van der Waals surface area (Å²) >= 11 is 2.61. The van der Waals surface area contributed by atoms with Gasteiger partial charge in [0.15, 0.2) is 10.9 Å². The predicted octanol–water partition coefficient (Wildman–Crippen LogP) is 4.33. The largest absolute Gasteiger partial charge is 0.452 e. The van der Waals surface area contributed by atoms with Crippen molar-refractivity contribution < 1.29 is 19.2 Å². The Morgan fingerprint density at radius 2 is 1.97 bits per heavy atom. The molecule has 0 spiro atoms. The number of aromatic nitrogens is 1. The van der Waals surface area contributed by atoms with Crippen LogP contribution < -0.4 is 4.90 Å². The molecule has 0 fully saturated rings. The van der Waals surface area contributed by atoms with Crippen molar-refractivity contribution in [3.8, 4) is 0 Å². The monoisotopic (exact) mass is 443 g/mol. The van der Waals surface area contributed by atoms with E-state index < -0.39 is 23.4 Å². The van der Waals surface area contributed by atoms with Crippen LogP contribution in [0.4, 0.5) is 11.4 Å². The minimum Gasteiger partial charge on any atom is -0.452 e. The van der Waals surface area contributed by atoms with Gasteiger partial charge in [-0.3, -0.25) is 14.9 Å². The molecule has 1 heterocycles. The summed E-state index contributed by atoms with van der Waals surface area (Å²) < 4.78 is 5.86. The van der Waals surface area contributed by atoms with Crippen molar-refractivity contribution in [1.29, 1.82) is 0 Å². The smallest absolute Gasteiger partial charge is 0.340 e. The van der Waals surface area contributed by atoms with Crippen LogP contribution in [0.1, 0.15) is 16.1 Å². The fourth-order valence-corrected chi connectivity index (χ4v) is 4.34. The molecule has 3 rings (SSSR count). The molecule has 1 amide bonds. The third-order valence-corrected chi connectivity index (χ3v) is 6.17. The Kier molecular flexibility index (Phi) is 6.80. The van der Waals surface area contributed by atoms with Crippen molar-refractivity contribution in [3.63, 3.8) is 0 Å². The van der Waals surface area contributed by atoms with Crippen LogP contribution in [-0.4, -0.2) is 35.4 Å². The molecule has 154 valence electrons. The van der Waals surface area contributed by atoms with Gasteiger partial charge in [-0.15, -0.1) is 11.3 Å². The molecule has 0 aliphatic rings. The van der Waals surface area contributed by atoms with E-state index >= 15 is 0 Å². The molecular weight excluding hydrogens is 426 g/mol. The number of para-hydroxylation sites is 1. The number of non-ortho nitro benzene ring substituents is 1. The summed E-state index contributed by atoms with van der Waals surface area (Å²) in [6, 6.07) is 12.9. The van der Waals surface area contributed by atoms with Gasteiger partial charge >= 0.3 is 5.97 Å². The number of carbonyl (C=O) groups is 2. The number of likely N-dealkylation sites (N-methyl/N-ethyl adjacent to an activating group) is 1. The first-order valence-corrected chi connectivity index (χ1v) is 10.4. The summed E-state index contributed by atoms with van der Waals surface area (Å²) in [5.41, 5.74) is 1.26. The lowest BCUT2D eigenvalue weighted by Crippen LogP contribution is -2.31. The third-order valence-electron chi connectivity index (χ3n) is 4.03. The van der Waals surface area contributed by atoms with Gasteiger partial charge in [-0.2, -0.15) is 0 Å². The normalized spacial score (nSPS) is 10.5. The Balaban J connectivity index is 1.76. The summed E-state index contributed by atoms with van der Waals surface area (Å²) in [4.78, 5) is 41.7. The number of hydrogen-bond acceptors (Lipinski definition) is 8. The van der Waals surface area contributed by atoms with E-state index in [0.29, 0.717) is 14.9 Å². The fourth-order valence-electron chi connectivity index (χ4n) is 2.45. The zero-order valence-corrected chi connectivity index (χ0v) is 17.7. The van der Waals surface area contributed by atoms with Crippen LogP contribution in [0.5, 0.6) is 0 Å². The van der Waals surface area contributed by atoms with E-state index in [0.717, 1.165) is 11.8 Å². The van der Waals surface area contributed by atoms with Gasteiger partial charge in [0.25, 0.3) is 11.6 Å². The number of benzene rings is 2. The van der Waals surface area contributed by atoms with Crippen molar-refractivity contribution in [2.24, 2.45) is 0 Å². The number of anilines is 1. The van der Waals surface area contributed by atoms with E-state index in [1.165, 1.54) is 40.1 Å². The predicted molar refractivity (Wildman–Crippen MR) is 114 cm³/mol. The third kappa shape index (κ3) is 5.22. The number of hydrogen-bond donors (Lipinski definition) is 0. The zero-order valence-electron chi connectivity index (χ0n) is 16.1. The number of thiazole rings is 1. The Bertz CT molecular complexity index is 1090. The Labute approximate surface area is 180 Å². The average molecular weight is 444 g/mol. The molecule has 1 aromatic heterocycles. The van der Waals surface area contributed by atoms with Gasteiger partial charge in [-0.1, -0.05) is 30.0 Å². The van der Waals surface area contributed by atoms with Crippen LogP contribution in [0.25, 0.3) is 0 Å². The number of rotatable bonds is 7. The van der Waals surface area contributed by atoms with E-state index in [2.05, 4.69) is 4.98 Å². The number of aryl methyl sites for hydroxylation is 1. The topological polar surface area (TPSA) is 103 Å². The number of esters is 1. The van der Waals surface area contributed by atoms with E-state index in [9.17, 15) is 19.7 Å². The molecule has 0 radical (unpaired) electrons. The lowest BCUT2D eigenvalue weighted by atomic mass is 10.2. The van der Waals surface area contributed by atoms with Crippen molar-refractivity contribution in [2.45, 2.75) is 16.2 Å². The first-order chi connectivity index (χ1) is 14.3. The van der Waals surface area contributed by atoms with Gasteiger partial charge in [0.05, 0.1) is 10.5 Å². The van der Waals surface area contributed by atoms with Crippen molar-refractivity contribution in [3.05, 3.63) is 75.3 Å². The molecule has 2 aromatic carbocycles. The van der Waals surface area contributed by atoms with Crippen LogP contribution >= 0.6 is 23.1 Å². The minimum absolute atomic E-state index is 0.0113. The molecule has 0 saturated heterocycles. The number of carbonyl (C=O) groups excluding carboxylic acids is 2. The van der Waals surface area contributed by atoms with Crippen molar-refractivity contribution >= 4 is 46.3 Å². The lowest BCUT2D eigenvalue weighted by Gasteiger charge is -2.17. The summed E-state index contributed by atoms with van der Waals surface area (Å²) in [5.74, 6) is -1.24. The van der Waals surface area contributed by atoms with Crippen molar-refractivity contribution in [1.82, 2.24) is 4.98 Å². The molecule has 0 unspecified atom stereocenters. The summed E-state index contributed by atoms with van der Waals surface area (Å²) in [5, 5.41) is 13.0. The highest BCUT2D eigenvalue weighted by Gasteiger charge is 2.21. The second-order valence-corrected chi connectivity index (χ2v) is 8.31. The molecule has 3 aromatic rings. The molecule has 0 bridgehead atoms. The van der Waals surface area contributed by atoms with Gasteiger partial charge in [0.1, 0.15) is 0 Å². The van der Waals surface area contributed by atoms with E-state index in [4.69, 9.17) is 4.74 Å². The molecule has 0 saturated carbocycles. The summed E-state index contributed by atoms with van der Waals surface area (Å²) in [7, 11) is 1.57. The van der Waals surface area contributed by atoms with E-state index in [1.54, 1.807) is 31.3 Å². The first kappa shape index (κ1) is 21.5. The SMILES string of the molecule is Cc1csc(Sc2ccc([N+](=O)[O-])cc2C(=O)OCC(=O)N(C)c2ccccc2)n1. The number of amides is 1. The molecular formula is C20H17N3O5S2. The molecule has 30 heavy (non-hydrogen) atoms. The second kappa shape index (κ2) is 9.51. The lowest BCUT2D eigenvalue weighted by molar-refractivity contribution is -0.384. The Hall–Kier alpha value is -3.24. The highest BCUT2D eigenvalue weighted by Crippen LogP contribution is 2.34. The maximum Gasteiger partial charge on any atom is 0.340 e. The fraction of sp³-hybridized carbons (Fsp3) is 0.150. The van der Waals surface area contributed by atoms with E-state index in [-0.39, 0.29) is 11.3 Å². The number of nitrogens with zero attached hydrogens (tertiary/aromatic N) is 3. The van der Waals surface area contributed by atoms with Crippen LogP contribution in [0.15, 0.2) is 63.1 Å². The Morgan fingerprint density at radius 3 is 2.60 bits per heavy atom. The second-order valence-electron chi connectivity index (χ2n) is 6.16. The van der Waals surface area contributed by atoms with Gasteiger partial charge in [-0.25, -0.2) is 9.78 Å². The molecule has 8 nitrogen and oxygen atoms in total. The molecule has 0 N–H and O–H groups in total. The highest BCUT2D eigenvalue weighted by molar-refractivity contribution is 8.01. The summed E-state index contributed by atoms with van der Waals surface area (Å²) in [6.07, 6.45) is 0. The van der Waals surface area contributed by atoms with Gasteiger partial charge in [0, 0.05) is 40.8 Å². The first-order valence-electron chi connectivity index (χ1n) is 8.72. The van der Waals surface area contributed by atoms with Gasteiger partial charge in [0.2, 0.25) is 0 Å². The number of nitro benzene ring substituents is 1. The number of nitro groups is 1. The van der Waals surface area contributed by atoms with Gasteiger partial charge in [-0.05, 0) is 25.1 Å². The zero-order chi connectivity index (χ0) is 21.7. The number of ether oxygens (including phenoxy) is 1. The molecule has 10 heteroatoms. The maximum absolute atomic E-state index is 12.7. The average Bonchev–Trinajstić information content (AvgIpc) is 3.16. The van der Waals surface area contributed by atoms with Crippen LogP contribution in [0.2, 0.25) is 0 Å². The molecule has 0 atom stereocenters. The van der Waals surface area contributed by atoms with Crippen LogP contribution in [0.3, 0.4) is 0 Å². The van der Waals surface area contributed by atoms with Gasteiger partial charge < -0.3 is 9.64 Å². The summed E-state index contributed by atoms with van der Waals surface area (Å²) in [6.45, 7) is 1.35. The highest BCUT2D eigenvalue weighted by atomic mass is 32.2. The van der Waals surface area contributed by atoms with Crippen LogP contribution in [0, 0.1) is 17.0 Å². The quantitative estimate of drug-likeness (QED) is 0.304. The standard InChI is InChI=1S/C20H17N3O5S2/c1-13-12-29-20(21-13)30-17-9-8-15(23(26)27)10-16(17)19(25)28-11-18(24)22(2)14-6-4-3-5-7-14/h3-10,12H,11H2,1-2H3. The Morgan fingerprint density at radius 1 is 1.23 bits per heavy atom. The van der Waals surface area contributed by atoms with E-state index in [1.807, 2.05) is 18.4 Å². The van der Waals surface area contributed by atoms with Crippen molar-refractivity contribution in [2.75, 3.05) is 18.6 Å². The molecule has 0 aliphatic carbocycles. The molecule has 0 aliphatic heterocycles. The van der Waals surface area contributed by atoms with Crippen LogP contribution in [-0.2, 0) is 9.53 Å².